The second-order valence-electron chi connectivity index (χ2n) is 8.35. The highest BCUT2D eigenvalue weighted by molar-refractivity contribution is 7.10. The number of nitrogens with zero attached hydrogens (tertiary/aromatic N) is 4. The van der Waals surface area contributed by atoms with E-state index in [9.17, 15) is 18.8 Å². The third-order valence-corrected chi connectivity index (χ3v) is 6.46. The number of ketones is 1. The van der Waals surface area contributed by atoms with Crippen LogP contribution in [-0.2, 0) is 20.9 Å². The van der Waals surface area contributed by atoms with Crippen LogP contribution in [0.4, 0.5) is 10.1 Å². The predicted molar refractivity (Wildman–Crippen MR) is 151 cm³/mol. The van der Waals surface area contributed by atoms with Crippen LogP contribution in [0.25, 0.3) is 6.08 Å². The van der Waals surface area contributed by atoms with Crippen molar-refractivity contribution >= 4 is 40.9 Å². The van der Waals surface area contributed by atoms with Gasteiger partial charge in [0.25, 0.3) is 11.7 Å². The lowest BCUT2D eigenvalue weighted by Gasteiger charge is -2.24. The number of nitrogens with one attached hydrogen (secondary N) is 1. The minimum atomic E-state index is -0.655. The fourth-order valence-corrected chi connectivity index (χ4v) is 4.13. The van der Waals surface area contributed by atoms with Gasteiger partial charge < -0.3 is 19.9 Å². The third kappa shape index (κ3) is 9.53. The number of halogens is 1. The summed E-state index contributed by atoms with van der Waals surface area (Å²) in [5.41, 5.74) is 1.83. The Hall–Kier alpha value is -3.31. The fourth-order valence-electron chi connectivity index (χ4n) is 3.33. The predicted octanol–water partition coefficient (Wildman–Crippen LogP) is 3.98. The molecule has 0 aliphatic heterocycles. The Bertz CT molecular complexity index is 1090. The number of hydrogen-bond donors (Lipinski definition) is 1. The zero-order chi connectivity index (χ0) is 28.8. The summed E-state index contributed by atoms with van der Waals surface area (Å²) in [6.45, 7) is 8.65. The number of anilines is 1. The molecule has 0 radical (unpaired) electrons. The van der Waals surface area contributed by atoms with Gasteiger partial charge in [0.1, 0.15) is 22.1 Å². The van der Waals surface area contributed by atoms with Gasteiger partial charge in [0.15, 0.2) is 0 Å². The Morgan fingerprint density at radius 1 is 1.11 bits per heavy atom. The van der Waals surface area contributed by atoms with Crippen LogP contribution in [-0.4, -0.2) is 91.6 Å². The van der Waals surface area contributed by atoms with E-state index in [-0.39, 0.29) is 23.0 Å². The molecule has 38 heavy (non-hydrogen) atoms. The molecule has 0 aliphatic rings. The Kier molecular flexibility index (Phi) is 14.2. The van der Waals surface area contributed by atoms with Gasteiger partial charge in [-0.3, -0.25) is 19.3 Å². The van der Waals surface area contributed by atoms with E-state index in [4.69, 9.17) is 4.74 Å². The van der Waals surface area contributed by atoms with E-state index in [0.717, 1.165) is 23.6 Å². The van der Waals surface area contributed by atoms with Crippen LogP contribution < -0.4 is 5.32 Å². The lowest BCUT2D eigenvalue weighted by molar-refractivity contribution is -0.130. The van der Waals surface area contributed by atoms with Crippen molar-refractivity contribution in [3.63, 3.8) is 0 Å². The zero-order valence-corrected chi connectivity index (χ0v) is 24.4. The monoisotopic (exact) mass is 549 g/mol. The maximum absolute atomic E-state index is 13.1. The molecule has 1 heterocycles. The van der Waals surface area contributed by atoms with E-state index in [0.29, 0.717) is 36.8 Å². The smallest absolute Gasteiger partial charge is 0.295 e. The molecule has 0 aliphatic carbocycles. The number of likely N-dealkylation sites (N-methyl/N-ethyl adjacent to an activating group) is 3. The van der Waals surface area contributed by atoms with Gasteiger partial charge in [-0.1, -0.05) is 32.9 Å². The molecule has 0 spiro atoms. The van der Waals surface area contributed by atoms with Crippen molar-refractivity contribution in [3.05, 3.63) is 52.0 Å². The number of carbonyl (C=O) groups is 3. The molecular weight excluding hydrogens is 509 g/mol. The van der Waals surface area contributed by atoms with E-state index in [2.05, 4.69) is 14.6 Å². The fraction of sp³-hybridized carbons (Fsp3) is 0.481. The SMILES string of the molecule is CC.CCN(CCN(C)C(=O)C/C(=C\c1nsc(C(=O)C(=O)N(C)C)c1NC)OC)Cc1ccc(F)cc1. The number of methoxy groups -OCH3 is 1. The number of aromatic nitrogens is 1. The molecule has 1 aromatic heterocycles. The van der Waals surface area contributed by atoms with Crippen molar-refractivity contribution in [2.45, 2.75) is 33.7 Å². The van der Waals surface area contributed by atoms with Crippen molar-refractivity contribution in [2.75, 3.05) is 60.3 Å². The molecule has 0 saturated carbocycles. The van der Waals surface area contributed by atoms with Gasteiger partial charge in [-0.2, -0.15) is 4.37 Å². The van der Waals surface area contributed by atoms with Gasteiger partial charge in [0, 0.05) is 53.9 Å². The minimum absolute atomic E-state index is 0.0116. The summed E-state index contributed by atoms with van der Waals surface area (Å²) in [4.78, 5) is 42.6. The average molecular weight is 550 g/mol. The van der Waals surface area contributed by atoms with Crippen LogP contribution in [0, 0.1) is 5.82 Å². The first-order valence-corrected chi connectivity index (χ1v) is 13.3. The van der Waals surface area contributed by atoms with E-state index < -0.39 is 11.7 Å². The molecule has 2 amide bonds. The van der Waals surface area contributed by atoms with Gasteiger partial charge in [-0.15, -0.1) is 0 Å². The maximum Gasteiger partial charge on any atom is 0.295 e. The van der Waals surface area contributed by atoms with E-state index in [1.807, 2.05) is 20.8 Å². The summed E-state index contributed by atoms with van der Waals surface area (Å²) >= 11 is 0.916. The molecule has 1 aromatic carbocycles. The summed E-state index contributed by atoms with van der Waals surface area (Å²) in [6.07, 6.45) is 1.61. The van der Waals surface area contributed by atoms with Crippen LogP contribution in [0.3, 0.4) is 0 Å². The lowest BCUT2D eigenvalue weighted by Crippen LogP contribution is -2.36. The Morgan fingerprint density at radius 3 is 2.26 bits per heavy atom. The third-order valence-electron chi connectivity index (χ3n) is 5.60. The molecule has 0 atom stereocenters. The van der Waals surface area contributed by atoms with Crippen molar-refractivity contribution in [1.82, 2.24) is 19.1 Å². The molecule has 2 aromatic rings. The van der Waals surface area contributed by atoms with E-state index >= 15 is 0 Å². The highest BCUT2D eigenvalue weighted by atomic mass is 32.1. The normalized spacial score (nSPS) is 10.9. The minimum Gasteiger partial charge on any atom is -0.500 e. The second-order valence-corrected chi connectivity index (χ2v) is 9.13. The molecule has 0 bridgehead atoms. The van der Waals surface area contributed by atoms with Crippen LogP contribution >= 0.6 is 11.5 Å². The number of Topliss-reactive ketones (excluding diaryl/α,β-unsaturated/α-hetero) is 1. The van der Waals surface area contributed by atoms with Crippen molar-refractivity contribution in [3.8, 4) is 0 Å². The van der Waals surface area contributed by atoms with Gasteiger partial charge in [0.05, 0.1) is 19.2 Å². The summed E-state index contributed by atoms with van der Waals surface area (Å²) in [5, 5.41) is 2.92. The van der Waals surface area contributed by atoms with Crippen molar-refractivity contribution in [1.29, 1.82) is 0 Å². The number of benzene rings is 1. The summed E-state index contributed by atoms with van der Waals surface area (Å²) in [6, 6.07) is 6.40. The summed E-state index contributed by atoms with van der Waals surface area (Å²) in [5.74, 6) is -1.32. The van der Waals surface area contributed by atoms with Crippen LogP contribution in [0.15, 0.2) is 30.0 Å². The van der Waals surface area contributed by atoms with Gasteiger partial charge in [-0.25, -0.2) is 4.39 Å². The molecule has 0 fully saturated rings. The molecule has 9 nitrogen and oxygen atoms in total. The largest absolute Gasteiger partial charge is 0.500 e. The van der Waals surface area contributed by atoms with Crippen LogP contribution in [0.5, 0.6) is 0 Å². The summed E-state index contributed by atoms with van der Waals surface area (Å²) < 4.78 is 22.8. The van der Waals surface area contributed by atoms with Crippen LogP contribution in [0.2, 0.25) is 0 Å². The lowest BCUT2D eigenvalue weighted by atomic mass is 10.2. The first kappa shape index (κ1) is 32.7. The Labute approximate surface area is 229 Å². The molecule has 1 N–H and O–H groups in total. The second kappa shape index (κ2) is 16.5. The maximum atomic E-state index is 13.1. The average Bonchev–Trinajstić information content (AvgIpc) is 3.33. The highest BCUT2D eigenvalue weighted by Crippen LogP contribution is 2.28. The highest BCUT2D eigenvalue weighted by Gasteiger charge is 2.26. The standard InChI is InChI=1S/C25H34FN5O4S.C2H6/c1-7-31(16-17-8-10-18(26)11-9-17)13-12-30(5)21(32)15-19(35-6)14-20-22(27-2)24(36-28-20)23(33)25(34)29(3)4;1-2/h8-11,14,27H,7,12-13,15-16H2,1-6H3;1-2H3/b19-14+;. The van der Waals surface area contributed by atoms with Gasteiger partial charge >= 0.3 is 0 Å². The number of amides is 2. The Balaban J connectivity index is 0.00000352. The summed E-state index contributed by atoms with van der Waals surface area (Å²) in [7, 11) is 7.85. The molecule has 210 valence electrons. The van der Waals surface area contributed by atoms with Crippen LogP contribution in [0.1, 0.15) is 48.1 Å². The number of rotatable bonds is 13. The molecule has 2 rings (SSSR count). The Morgan fingerprint density at radius 2 is 1.74 bits per heavy atom. The van der Waals surface area contributed by atoms with E-state index in [1.54, 1.807) is 37.2 Å². The molecule has 11 heteroatoms. The number of ether oxygens (including phenoxy) is 1. The quantitative estimate of drug-likeness (QED) is 0.229. The first-order valence-electron chi connectivity index (χ1n) is 12.5. The number of carbonyl (C=O) groups excluding carboxylic acids is 3. The topological polar surface area (TPSA) is 95.1 Å². The van der Waals surface area contributed by atoms with Gasteiger partial charge in [0.2, 0.25) is 5.91 Å². The molecular formula is C27H40FN5O4S. The first-order chi connectivity index (χ1) is 18.1. The van der Waals surface area contributed by atoms with Crippen molar-refractivity contribution < 1.29 is 23.5 Å². The van der Waals surface area contributed by atoms with Crippen molar-refractivity contribution in [2.24, 2.45) is 0 Å². The van der Waals surface area contributed by atoms with Gasteiger partial charge in [-0.05, 0) is 35.8 Å². The number of hydrogen-bond acceptors (Lipinski definition) is 8. The molecule has 0 unspecified atom stereocenters. The van der Waals surface area contributed by atoms with E-state index in [1.165, 1.54) is 38.2 Å². The molecule has 0 saturated heterocycles. The zero-order valence-electron chi connectivity index (χ0n) is 23.6.